The van der Waals surface area contributed by atoms with Crippen molar-refractivity contribution in [3.63, 3.8) is 0 Å². The minimum Gasteiger partial charge on any atom is -0.487 e. The Morgan fingerprint density at radius 3 is 2.84 bits per heavy atom. The normalized spacial score (nSPS) is 16.3. The Labute approximate surface area is 113 Å². The summed E-state index contributed by atoms with van der Waals surface area (Å²) >= 11 is 0. The number of nitrogens with one attached hydrogen (secondary N) is 1. The van der Waals surface area contributed by atoms with Crippen LogP contribution in [0, 0.1) is 23.0 Å². The van der Waals surface area contributed by atoms with Crippen LogP contribution in [-0.2, 0) is 0 Å². The van der Waals surface area contributed by atoms with E-state index in [2.05, 4.69) is 5.32 Å². The highest BCUT2D eigenvalue weighted by Crippen LogP contribution is 2.28. The predicted octanol–water partition coefficient (Wildman–Crippen LogP) is 2.67. The maximum absolute atomic E-state index is 10.9. The Morgan fingerprint density at radius 2 is 2.16 bits per heavy atom. The fourth-order valence-electron chi connectivity index (χ4n) is 2.39. The van der Waals surface area contributed by atoms with E-state index in [0.29, 0.717) is 18.3 Å². The zero-order chi connectivity index (χ0) is 13.7. The average Bonchev–Trinajstić information content (AvgIpc) is 2.39. The van der Waals surface area contributed by atoms with Crippen molar-refractivity contribution in [2.75, 3.05) is 19.7 Å². The molecule has 1 heterocycles. The summed E-state index contributed by atoms with van der Waals surface area (Å²) < 4.78 is 5.62. The third-order valence-electron chi connectivity index (χ3n) is 3.55. The van der Waals surface area contributed by atoms with Crippen molar-refractivity contribution < 1.29 is 9.66 Å². The molecule has 5 heteroatoms. The number of nitro groups is 1. The van der Waals surface area contributed by atoms with Gasteiger partial charge in [0, 0.05) is 6.07 Å². The number of nitrogens with zero attached hydrogens (tertiary/aromatic N) is 1. The Bertz CT molecular complexity index is 442. The van der Waals surface area contributed by atoms with Gasteiger partial charge in [0.25, 0.3) is 0 Å². The number of rotatable bonds is 5. The van der Waals surface area contributed by atoms with Gasteiger partial charge in [0.2, 0.25) is 0 Å². The Kier molecular flexibility index (Phi) is 4.74. The van der Waals surface area contributed by atoms with Crippen LogP contribution in [0.25, 0.3) is 0 Å². The molecule has 104 valence electrons. The van der Waals surface area contributed by atoms with E-state index in [0.717, 1.165) is 25.1 Å². The van der Waals surface area contributed by atoms with Crippen LogP contribution >= 0.6 is 0 Å². The van der Waals surface area contributed by atoms with E-state index in [4.69, 9.17) is 4.74 Å². The van der Waals surface area contributed by atoms with Crippen molar-refractivity contribution >= 4 is 5.69 Å². The fourth-order valence-corrected chi connectivity index (χ4v) is 2.39. The summed E-state index contributed by atoms with van der Waals surface area (Å²) in [5.74, 6) is 1.06. The van der Waals surface area contributed by atoms with Crippen LogP contribution in [0.5, 0.6) is 5.75 Å². The van der Waals surface area contributed by atoms with Gasteiger partial charge in [-0.3, -0.25) is 10.1 Å². The van der Waals surface area contributed by atoms with Gasteiger partial charge < -0.3 is 10.1 Å². The topological polar surface area (TPSA) is 64.4 Å². The van der Waals surface area contributed by atoms with Gasteiger partial charge in [-0.1, -0.05) is 6.07 Å². The van der Waals surface area contributed by atoms with E-state index < -0.39 is 0 Å². The Hall–Kier alpha value is -1.62. The molecule has 5 nitrogen and oxygen atoms in total. The first-order valence-electron chi connectivity index (χ1n) is 6.75. The Balaban J connectivity index is 1.91. The van der Waals surface area contributed by atoms with Crippen LogP contribution in [0.4, 0.5) is 5.69 Å². The van der Waals surface area contributed by atoms with Crippen molar-refractivity contribution in [2.45, 2.75) is 26.2 Å². The average molecular weight is 264 g/mol. The molecule has 1 N–H and O–H groups in total. The SMILES string of the molecule is Cc1ccc([N+](=O)[O-])c(OCCC2CCNCC2)c1. The maximum Gasteiger partial charge on any atom is 0.310 e. The smallest absolute Gasteiger partial charge is 0.310 e. The van der Waals surface area contributed by atoms with Crippen molar-refractivity contribution in [1.82, 2.24) is 5.32 Å². The lowest BCUT2D eigenvalue weighted by Gasteiger charge is -2.22. The third-order valence-corrected chi connectivity index (χ3v) is 3.55. The monoisotopic (exact) mass is 264 g/mol. The minimum atomic E-state index is -0.390. The van der Waals surface area contributed by atoms with Crippen LogP contribution in [0.2, 0.25) is 0 Å². The van der Waals surface area contributed by atoms with Gasteiger partial charge in [0.15, 0.2) is 5.75 Å². The maximum atomic E-state index is 10.9. The fraction of sp³-hybridized carbons (Fsp3) is 0.571. The van der Waals surface area contributed by atoms with Crippen molar-refractivity contribution in [3.05, 3.63) is 33.9 Å². The van der Waals surface area contributed by atoms with E-state index in [1.165, 1.54) is 18.9 Å². The number of benzene rings is 1. The molecule has 0 spiro atoms. The number of nitro benzene ring substituents is 1. The standard InChI is InChI=1S/C14H20N2O3/c1-11-2-3-13(16(17)18)14(10-11)19-9-6-12-4-7-15-8-5-12/h2-3,10,12,15H,4-9H2,1H3. The molecule has 0 amide bonds. The summed E-state index contributed by atoms with van der Waals surface area (Å²) in [6, 6.07) is 4.98. The second kappa shape index (κ2) is 6.52. The van der Waals surface area contributed by atoms with Gasteiger partial charge in [-0.2, -0.15) is 0 Å². The summed E-state index contributed by atoms with van der Waals surface area (Å²) in [4.78, 5) is 10.5. The molecule has 19 heavy (non-hydrogen) atoms. The summed E-state index contributed by atoms with van der Waals surface area (Å²) in [5.41, 5.74) is 1.03. The van der Waals surface area contributed by atoms with E-state index in [1.807, 2.05) is 6.92 Å². The molecule has 0 atom stereocenters. The molecule has 1 saturated heterocycles. The predicted molar refractivity (Wildman–Crippen MR) is 73.5 cm³/mol. The van der Waals surface area contributed by atoms with Crippen LogP contribution in [0.1, 0.15) is 24.8 Å². The highest BCUT2D eigenvalue weighted by molar-refractivity contribution is 5.48. The van der Waals surface area contributed by atoms with E-state index in [-0.39, 0.29) is 10.6 Å². The molecule has 1 aromatic rings. The third kappa shape index (κ3) is 3.92. The lowest BCUT2D eigenvalue weighted by Crippen LogP contribution is -2.28. The van der Waals surface area contributed by atoms with E-state index in [1.54, 1.807) is 12.1 Å². The zero-order valence-corrected chi connectivity index (χ0v) is 11.2. The summed E-state index contributed by atoms with van der Waals surface area (Å²) in [7, 11) is 0. The van der Waals surface area contributed by atoms with Gasteiger partial charge in [-0.05, 0) is 56.8 Å². The van der Waals surface area contributed by atoms with Gasteiger partial charge in [0.1, 0.15) is 0 Å². The molecule has 0 saturated carbocycles. The number of ether oxygens (including phenoxy) is 1. The molecule has 0 radical (unpaired) electrons. The quantitative estimate of drug-likeness (QED) is 0.656. The van der Waals surface area contributed by atoms with Crippen LogP contribution in [0.15, 0.2) is 18.2 Å². The molecule has 1 aliphatic heterocycles. The number of piperidine rings is 1. The van der Waals surface area contributed by atoms with Crippen LogP contribution < -0.4 is 10.1 Å². The molecule has 0 unspecified atom stereocenters. The molecule has 1 aromatic carbocycles. The number of hydrogen-bond acceptors (Lipinski definition) is 4. The highest BCUT2D eigenvalue weighted by Gasteiger charge is 2.16. The summed E-state index contributed by atoms with van der Waals surface area (Å²) in [5, 5.41) is 14.2. The minimum absolute atomic E-state index is 0.0518. The molecule has 1 aliphatic rings. The van der Waals surface area contributed by atoms with Crippen molar-refractivity contribution in [2.24, 2.45) is 5.92 Å². The number of hydrogen-bond donors (Lipinski definition) is 1. The molecule has 2 rings (SSSR count). The first kappa shape index (κ1) is 13.8. The lowest BCUT2D eigenvalue weighted by molar-refractivity contribution is -0.385. The van der Waals surface area contributed by atoms with Crippen molar-refractivity contribution in [1.29, 1.82) is 0 Å². The summed E-state index contributed by atoms with van der Waals surface area (Å²) in [6.07, 6.45) is 3.30. The first-order valence-corrected chi connectivity index (χ1v) is 6.75. The van der Waals surface area contributed by atoms with Gasteiger partial charge in [-0.25, -0.2) is 0 Å². The number of aryl methyl sites for hydroxylation is 1. The van der Waals surface area contributed by atoms with Gasteiger partial charge in [-0.15, -0.1) is 0 Å². The van der Waals surface area contributed by atoms with E-state index in [9.17, 15) is 10.1 Å². The van der Waals surface area contributed by atoms with E-state index >= 15 is 0 Å². The van der Waals surface area contributed by atoms with Gasteiger partial charge >= 0.3 is 5.69 Å². The van der Waals surface area contributed by atoms with Crippen LogP contribution in [0.3, 0.4) is 0 Å². The molecular formula is C14H20N2O3. The molecule has 1 fully saturated rings. The molecular weight excluding hydrogens is 244 g/mol. The lowest BCUT2D eigenvalue weighted by atomic mass is 9.95. The molecule has 0 aliphatic carbocycles. The van der Waals surface area contributed by atoms with Crippen molar-refractivity contribution in [3.8, 4) is 5.75 Å². The molecule has 0 bridgehead atoms. The first-order chi connectivity index (χ1) is 9.16. The summed E-state index contributed by atoms with van der Waals surface area (Å²) in [6.45, 7) is 4.59. The second-order valence-electron chi connectivity index (χ2n) is 5.06. The Morgan fingerprint density at radius 1 is 1.42 bits per heavy atom. The second-order valence-corrected chi connectivity index (χ2v) is 5.06. The largest absolute Gasteiger partial charge is 0.487 e. The molecule has 0 aromatic heterocycles. The highest BCUT2D eigenvalue weighted by atomic mass is 16.6. The zero-order valence-electron chi connectivity index (χ0n) is 11.2. The van der Waals surface area contributed by atoms with Gasteiger partial charge in [0.05, 0.1) is 11.5 Å². The van der Waals surface area contributed by atoms with Crippen LogP contribution in [-0.4, -0.2) is 24.6 Å².